The number of nitrogens with two attached hydrogens (primary N) is 1. The molecule has 1 heterocycles. The maximum atomic E-state index is 12.8. The normalized spacial score (nSPS) is 18.0. The van der Waals surface area contributed by atoms with Crippen LogP contribution in [0, 0.1) is 5.92 Å². The zero-order valence-corrected chi connectivity index (χ0v) is 14.3. The van der Waals surface area contributed by atoms with E-state index in [1.165, 1.54) is 0 Å². The van der Waals surface area contributed by atoms with Crippen LogP contribution in [0.4, 0.5) is 18.9 Å². The van der Waals surface area contributed by atoms with E-state index < -0.39 is 23.7 Å². The summed E-state index contributed by atoms with van der Waals surface area (Å²) in [5.74, 6) is -1.02. The maximum Gasteiger partial charge on any atom is 0.416 e. The number of halogens is 4. The first-order chi connectivity index (χ1) is 11.6. The van der Waals surface area contributed by atoms with Gasteiger partial charge in [0.05, 0.1) is 22.3 Å². The molecule has 1 aromatic rings. The van der Waals surface area contributed by atoms with Gasteiger partial charge < -0.3 is 11.1 Å². The maximum absolute atomic E-state index is 12.8. The average Bonchev–Trinajstić information content (AvgIpc) is 2.55. The third-order valence-electron chi connectivity index (χ3n) is 4.41. The van der Waals surface area contributed by atoms with Gasteiger partial charge in [0.2, 0.25) is 11.8 Å². The molecular formula is C16H19ClF3N3O2. The van der Waals surface area contributed by atoms with Crippen LogP contribution >= 0.6 is 11.6 Å². The zero-order valence-electron chi connectivity index (χ0n) is 13.6. The molecule has 1 saturated heterocycles. The second-order valence-electron chi connectivity index (χ2n) is 6.07. The van der Waals surface area contributed by atoms with Gasteiger partial charge in [-0.05, 0) is 51.1 Å². The van der Waals surface area contributed by atoms with Gasteiger partial charge in [0, 0.05) is 5.92 Å². The first kappa shape index (κ1) is 19.5. The molecule has 1 aromatic carbocycles. The van der Waals surface area contributed by atoms with Crippen molar-refractivity contribution in [2.75, 3.05) is 18.4 Å². The van der Waals surface area contributed by atoms with Crippen molar-refractivity contribution in [1.82, 2.24) is 4.90 Å². The van der Waals surface area contributed by atoms with Crippen molar-refractivity contribution in [3.63, 3.8) is 0 Å². The summed E-state index contributed by atoms with van der Waals surface area (Å²) < 4.78 is 38.4. The van der Waals surface area contributed by atoms with Gasteiger partial charge in [-0.1, -0.05) is 11.6 Å². The van der Waals surface area contributed by atoms with E-state index in [1.54, 1.807) is 6.92 Å². The smallest absolute Gasteiger partial charge is 0.369 e. The molecule has 1 fully saturated rings. The molecule has 1 aliphatic rings. The Labute approximate surface area is 148 Å². The van der Waals surface area contributed by atoms with E-state index >= 15 is 0 Å². The number of piperidine rings is 1. The number of hydrogen-bond acceptors (Lipinski definition) is 3. The number of rotatable bonds is 4. The Morgan fingerprint density at radius 2 is 1.92 bits per heavy atom. The highest BCUT2D eigenvalue weighted by Gasteiger charge is 2.32. The number of amides is 2. The number of primary amides is 1. The quantitative estimate of drug-likeness (QED) is 0.847. The van der Waals surface area contributed by atoms with E-state index in [0.29, 0.717) is 25.9 Å². The Morgan fingerprint density at radius 1 is 1.32 bits per heavy atom. The van der Waals surface area contributed by atoms with Crippen LogP contribution in [-0.4, -0.2) is 35.8 Å². The van der Waals surface area contributed by atoms with Crippen molar-refractivity contribution >= 4 is 29.1 Å². The van der Waals surface area contributed by atoms with Crippen LogP contribution in [0.2, 0.25) is 5.02 Å². The number of likely N-dealkylation sites (tertiary alicyclic amines) is 1. The predicted octanol–water partition coefficient (Wildman–Crippen LogP) is 2.88. The zero-order chi connectivity index (χ0) is 18.8. The summed E-state index contributed by atoms with van der Waals surface area (Å²) in [5, 5.41) is 2.48. The van der Waals surface area contributed by atoms with Gasteiger partial charge in [0.1, 0.15) is 0 Å². The topological polar surface area (TPSA) is 75.4 Å². The van der Waals surface area contributed by atoms with E-state index in [0.717, 1.165) is 18.2 Å². The molecule has 2 rings (SSSR count). The Bertz CT molecular complexity index is 659. The molecule has 2 amide bonds. The Balaban J connectivity index is 2.03. The molecular weight excluding hydrogens is 359 g/mol. The van der Waals surface area contributed by atoms with E-state index in [4.69, 9.17) is 17.3 Å². The summed E-state index contributed by atoms with van der Waals surface area (Å²) in [5.41, 5.74) is 4.30. The third-order valence-corrected chi connectivity index (χ3v) is 4.74. The van der Waals surface area contributed by atoms with Crippen LogP contribution in [0.5, 0.6) is 0 Å². The molecule has 138 valence electrons. The molecule has 0 unspecified atom stereocenters. The summed E-state index contributed by atoms with van der Waals surface area (Å²) in [4.78, 5) is 25.4. The van der Waals surface area contributed by atoms with Crippen LogP contribution in [-0.2, 0) is 15.8 Å². The van der Waals surface area contributed by atoms with Gasteiger partial charge in [-0.25, -0.2) is 0 Å². The molecule has 0 saturated carbocycles. The average molecular weight is 378 g/mol. The summed E-state index contributed by atoms with van der Waals surface area (Å²) in [6.45, 7) is 2.68. The summed E-state index contributed by atoms with van der Waals surface area (Å²) in [7, 11) is 0. The van der Waals surface area contributed by atoms with Gasteiger partial charge in [-0.3, -0.25) is 14.5 Å². The Hall–Kier alpha value is -1.80. The molecule has 25 heavy (non-hydrogen) atoms. The number of hydrogen-bond donors (Lipinski definition) is 2. The van der Waals surface area contributed by atoms with Crippen LogP contribution in [0.15, 0.2) is 18.2 Å². The fourth-order valence-corrected chi connectivity index (χ4v) is 2.94. The lowest BCUT2D eigenvalue weighted by Crippen LogP contribution is -2.47. The van der Waals surface area contributed by atoms with Crippen molar-refractivity contribution in [3.8, 4) is 0 Å². The molecule has 5 nitrogen and oxygen atoms in total. The molecule has 0 spiro atoms. The van der Waals surface area contributed by atoms with E-state index in [-0.39, 0.29) is 22.5 Å². The highest BCUT2D eigenvalue weighted by atomic mass is 35.5. The fourth-order valence-electron chi connectivity index (χ4n) is 2.77. The predicted molar refractivity (Wildman–Crippen MR) is 88.0 cm³/mol. The number of benzene rings is 1. The molecule has 9 heteroatoms. The molecule has 3 N–H and O–H groups in total. The van der Waals surface area contributed by atoms with Crippen molar-refractivity contribution in [1.29, 1.82) is 0 Å². The number of nitrogens with one attached hydrogen (secondary N) is 1. The SMILES string of the molecule is C[C@@H](C(=O)Nc1cc(C(F)(F)F)ccc1Cl)N1CCC(C(N)=O)CC1. The first-order valence-corrected chi connectivity index (χ1v) is 8.18. The van der Waals surface area contributed by atoms with Crippen molar-refractivity contribution in [2.45, 2.75) is 32.0 Å². The van der Waals surface area contributed by atoms with Crippen molar-refractivity contribution in [2.24, 2.45) is 11.7 Å². The van der Waals surface area contributed by atoms with Crippen LogP contribution in [0.3, 0.4) is 0 Å². The molecule has 0 aliphatic carbocycles. The first-order valence-electron chi connectivity index (χ1n) is 7.80. The molecule has 0 radical (unpaired) electrons. The summed E-state index contributed by atoms with van der Waals surface area (Å²) >= 11 is 5.89. The lowest BCUT2D eigenvalue weighted by atomic mass is 9.95. The van der Waals surface area contributed by atoms with E-state index in [2.05, 4.69) is 5.32 Å². The second-order valence-corrected chi connectivity index (χ2v) is 6.48. The van der Waals surface area contributed by atoms with Gasteiger partial charge in [0.25, 0.3) is 0 Å². The largest absolute Gasteiger partial charge is 0.416 e. The van der Waals surface area contributed by atoms with Gasteiger partial charge in [-0.2, -0.15) is 13.2 Å². The van der Waals surface area contributed by atoms with Gasteiger partial charge in [-0.15, -0.1) is 0 Å². The van der Waals surface area contributed by atoms with Crippen molar-refractivity contribution < 1.29 is 22.8 Å². The van der Waals surface area contributed by atoms with E-state index in [9.17, 15) is 22.8 Å². The molecule has 1 aliphatic heterocycles. The number of anilines is 1. The number of nitrogens with zero attached hydrogens (tertiary/aromatic N) is 1. The lowest BCUT2D eigenvalue weighted by molar-refractivity contribution is -0.137. The minimum atomic E-state index is -4.52. The standard InChI is InChI=1S/C16H19ClF3N3O2/c1-9(23-6-4-10(5-7-23)14(21)24)15(25)22-13-8-11(16(18,19)20)2-3-12(13)17/h2-3,8-10H,4-7H2,1H3,(H2,21,24)(H,22,25)/t9-/m0/s1. The van der Waals surface area contributed by atoms with Crippen LogP contribution in [0.25, 0.3) is 0 Å². The Morgan fingerprint density at radius 3 is 2.44 bits per heavy atom. The van der Waals surface area contributed by atoms with Crippen LogP contribution < -0.4 is 11.1 Å². The Kier molecular flexibility index (Phi) is 5.95. The second kappa shape index (κ2) is 7.61. The van der Waals surface area contributed by atoms with E-state index in [1.807, 2.05) is 4.90 Å². The highest BCUT2D eigenvalue weighted by Crippen LogP contribution is 2.34. The lowest BCUT2D eigenvalue weighted by Gasteiger charge is -2.34. The number of carbonyl (C=O) groups is 2. The highest BCUT2D eigenvalue weighted by molar-refractivity contribution is 6.33. The van der Waals surface area contributed by atoms with Gasteiger partial charge >= 0.3 is 6.18 Å². The van der Waals surface area contributed by atoms with Crippen LogP contribution in [0.1, 0.15) is 25.3 Å². The third kappa shape index (κ3) is 4.85. The number of alkyl halides is 3. The number of carbonyl (C=O) groups excluding carboxylic acids is 2. The minimum absolute atomic E-state index is 0.0287. The molecule has 0 bridgehead atoms. The van der Waals surface area contributed by atoms with Crippen molar-refractivity contribution in [3.05, 3.63) is 28.8 Å². The molecule has 0 aromatic heterocycles. The minimum Gasteiger partial charge on any atom is -0.369 e. The summed E-state index contributed by atoms with van der Waals surface area (Å²) in [6.07, 6.45) is -3.42. The fraction of sp³-hybridized carbons (Fsp3) is 0.500. The summed E-state index contributed by atoms with van der Waals surface area (Å²) in [6, 6.07) is 2.20. The monoisotopic (exact) mass is 377 g/mol. The molecule has 1 atom stereocenters. The van der Waals surface area contributed by atoms with Gasteiger partial charge in [0.15, 0.2) is 0 Å².